The quantitative estimate of drug-likeness (QED) is 0.0922. The van der Waals surface area contributed by atoms with Crippen molar-refractivity contribution >= 4 is 37.2 Å². The second-order valence-corrected chi connectivity index (χ2v) is 19.6. The van der Waals surface area contributed by atoms with Gasteiger partial charge in [0, 0.05) is 39.3 Å². The monoisotopic (exact) mass is 886 g/mol. The molecular weight excluding hydrogens is 826 g/mol. The van der Waals surface area contributed by atoms with Gasteiger partial charge in [0.25, 0.3) is 0 Å². The first-order valence-corrected chi connectivity index (χ1v) is 26.5. The molecule has 0 unspecified atom stereocenters. The summed E-state index contributed by atoms with van der Waals surface area (Å²) in [6.45, 7) is 22.4. The van der Waals surface area contributed by atoms with Gasteiger partial charge in [0.1, 0.15) is 11.5 Å². The topological polar surface area (TPSA) is 46.9 Å². The van der Waals surface area contributed by atoms with Crippen LogP contribution in [0, 0.1) is 14.9 Å². The summed E-state index contributed by atoms with van der Waals surface area (Å²) in [6, 6.07) is 30.3. The van der Waals surface area contributed by atoms with Crippen LogP contribution >= 0.6 is 37.2 Å². The first-order chi connectivity index (χ1) is 24.8. The fraction of sp³-hybridized carbons (Fsp3) is 0.409. The van der Waals surface area contributed by atoms with Gasteiger partial charge in [0.15, 0.2) is 0 Å². The van der Waals surface area contributed by atoms with Crippen molar-refractivity contribution in [3.8, 4) is 11.5 Å². The Hall–Kier alpha value is -1.01. The summed E-state index contributed by atoms with van der Waals surface area (Å²) >= 11 is -1.11. The van der Waals surface area contributed by atoms with Crippen molar-refractivity contribution in [3.05, 3.63) is 144 Å². The minimum atomic E-state index is -0.556. The van der Waals surface area contributed by atoms with Crippen LogP contribution in [0.15, 0.2) is 84.9 Å². The van der Waals surface area contributed by atoms with Gasteiger partial charge in [-0.1, -0.05) is 140 Å². The minimum absolute atomic E-state index is 0. The Balaban J connectivity index is 0.00000329. The Morgan fingerprint density at radius 3 is 0.889 bits per heavy atom. The van der Waals surface area contributed by atoms with Crippen LogP contribution in [0.4, 0.5) is 0 Å². The Morgan fingerprint density at radius 1 is 0.444 bits per heavy atom. The zero-order valence-corrected chi connectivity index (χ0v) is 40.1. The van der Waals surface area contributed by atoms with Crippen LogP contribution in [0.1, 0.15) is 124 Å². The number of phenols is 2. The summed E-state index contributed by atoms with van der Waals surface area (Å²) in [5.41, 5.74) is 9.20. The third-order valence-electron chi connectivity index (χ3n) is 8.99. The maximum atomic E-state index is 11.1. The molecule has 298 valence electrons. The van der Waals surface area contributed by atoms with E-state index in [-0.39, 0.29) is 38.5 Å². The van der Waals surface area contributed by atoms with Gasteiger partial charge in [0.05, 0.1) is 0 Å². The molecule has 4 aromatic carbocycles. The fourth-order valence-corrected chi connectivity index (χ4v) is 6.34. The Labute approximate surface area is 362 Å². The zero-order valence-electron chi connectivity index (χ0n) is 33.9. The van der Waals surface area contributed by atoms with Crippen molar-refractivity contribution in [1.29, 1.82) is 0 Å². The van der Waals surface area contributed by atoms with E-state index in [4.69, 9.17) is 37.2 Å². The van der Waals surface area contributed by atoms with Crippen LogP contribution in [-0.2, 0) is 60.2 Å². The van der Waals surface area contributed by atoms with Gasteiger partial charge in [0.2, 0.25) is 0 Å². The molecule has 0 aliphatic carbocycles. The van der Waals surface area contributed by atoms with E-state index < -0.39 is 34.1 Å². The molecule has 54 heavy (non-hydrogen) atoms. The van der Waals surface area contributed by atoms with Crippen LogP contribution in [-0.4, -0.2) is 33.1 Å². The van der Waals surface area contributed by atoms with Crippen LogP contribution in [0.25, 0.3) is 0 Å². The predicted molar refractivity (Wildman–Crippen MR) is 230 cm³/mol. The molecule has 10 heteroatoms. The van der Waals surface area contributed by atoms with Gasteiger partial charge in [-0.2, -0.15) is 0 Å². The number of halogens is 4. The molecule has 4 nitrogen and oxygen atoms in total. The van der Waals surface area contributed by atoms with Crippen molar-refractivity contribution in [1.82, 2.24) is 9.80 Å². The standard InChI is InChI=1S/C42H56N2O2.2CH3.4ClH.2Ti/c1-29(2)37-21-35(22-38(30(3)4)41(37)45)27-43(25-33-15-11-9-12-16-33)19-20-44(26-34-17-13-10-14-18-34)28-36-23-39(31(5)6)42(46)40(24-36)32(7)8;;;;;;;;/h9-18,21-24,29-32,45-46H,19-20,25-28H2,1-8H3;2*1H3;4*1H;;/q;2*-1;;;;;2*+2/p-4. The average molecular weight is 889 g/mol. The van der Waals surface area contributed by atoms with Gasteiger partial charge in [-0.25, -0.2) is 0 Å². The molecule has 0 saturated heterocycles. The summed E-state index contributed by atoms with van der Waals surface area (Å²) < 4.78 is 0. The third kappa shape index (κ3) is 18.1. The van der Waals surface area contributed by atoms with E-state index in [2.05, 4.69) is 150 Å². The molecule has 0 aliphatic heterocycles. The number of hydrogen-bond acceptors (Lipinski definition) is 4. The third-order valence-corrected chi connectivity index (χ3v) is 8.99. The van der Waals surface area contributed by atoms with E-state index in [0.717, 1.165) is 61.5 Å². The van der Waals surface area contributed by atoms with E-state index in [1.165, 1.54) is 22.3 Å². The van der Waals surface area contributed by atoms with Crippen LogP contribution < -0.4 is 0 Å². The van der Waals surface area contributed by atoms with Crippen molar-refractivity contribution in [3.63, 3.8) is 0 Å². The van der Waals surface area contributed by atoms with E-state index in [9.17, 15) is 10.2 Å². The molecule has 0 amide bonds. The van der Waals surface area contributed by atoms with Crippen molar-refractivity contribution in [2.24, 2.45) is 0 Å². The van der Waals surface area contributed by atoms with E-state index >= 15 is 0 Å². The number of rotatable bonds is 15. The molecule has 0 bridgehead atoms. The molecular formula is C44H62Cl4N2O2Ti2-2. The average Bonchev–Trinajstić information content (AvgIpc) is 3.09. The Bertz CT molecular complexity index is 1420. The van der Waals surface area contributed by atoms with Gasteiger partial charge in [-0.15, -0.1) is 0 Å². The zero-order chi connectivity index (χ0) is 38.8. The molecule has 0 aromatic heterocycles. The summed E-state index contributed by atoms with van der Waals surface area (Å²) in [6.07, 6.45) is 0. The van der Waals surface area contributed by atoms with Crippen LogP contribution in [0.3, 0.4) is 0 Å². The van der Waals surface area contributed by atoms with E-state index in [0.29, 0.717) is 11.5 Å². The second-order valence-electron chi connectivity index (χ2n) is 14.4. The summed E-state index contributed by atoms with van der Waals surface area (Å²) in [5.74, 6) is 1.90. The predicted octanol–water partition coefficient (Wildman–Crippen LogP) is 13.9. The van der Waals surface area contributed by atoms with Crippen molar-refractivity contribution < 1.29 is 44.3 Å². The normalized spacial score (nSPS) is 10.8. The molecule has 0 fully saturated rings. The summed E-state index contributed by atoms with van der Waals surface area (Å²) in [7, 11) is 19.6. The van der Waals surface area contributed by atoms with Crippen molar-refractivity contribution in [2.75, 3.05) is 13.1 Å². The Morgan fingerprint density at radius 2 is 0.667 bits per heavy atom. The SMILES string of the molecule is CC(C)c1cc(CN(CCN(Cc2ccccc2)Cc2cc(C(C)C)c(O)c(C(C)C)c2)Cc2ccccc2)cc(C(C)C)c1O.[CH3-].[CH3-].[Cl][Ti][Cl].[Cl][Ti][Cl]. The van der Waals surface area contributed by atoms with Gasteiger partial charge in [-0.3, -0.25) is 9.80 Å². The Kier molecular flexibility index (Phi) is 27.9. The van der Waals surface area contributed by atoms with E-state index in [1.54, 1.807) is 0 Å². The fourth-order valence-electron chi connectivity index (χ4n) is 6.34. The summed E-state index contributed by atoms with van der Waals surface area (Å²) in [4.78, 5) is 5.09. The van der Waals surface area contributed by atoms with Crippen molar-refractivity contribution in [2.45, 2.75) is 105 Å². The molecule has 0 radical (unpaired) electrons. The van der Waals surface area contributed by atoms with Gasteiger partial charge in [-0.05, 0) is 68.2 Å². The molecule has 4 rings (SSSR count). The second kappa shape index (κ2) is 28.4. The molecule has 0 saturated carbocycles. The van der Waals surface area contributed by atoms with E-state index in [1.807, 2.05) is 0 Å². The van der Waals surface area contributed by atoms with Crippen LogP contribution in [0.5, 0.6) is 11.5 Å². The van der Waals surface area contributed by atoms with Crippen LogP contribution in [0.2, 0.25) is 0 Å². The number of phenolic OH excluding ortho intramolecular Hbond substituents is 2. The molecule has 4 aromatic rings. The molecule has 0 heterocycles. The van der Waals surface area contributed by atoms with Gasteiger partial charge >= 0.3 is 71.3 Å². The number of benzene rings is 4. The number of hydrogen-bond donors (Lipinski definition) is 2. The molecule has 0 atom stereocenters. The van der Waals surface area contributed by atoms with Gasteiger partial charge < -0.3 is 25.1 Å². The molecule has 0 spiro atoms. The number of aromatic hydroxyl groups is 2. The maximum absolute atomic E-state index is 11.1. The molecule has 0 aliphatic rings. The first kappa shape index (κ1) is 53.0. The molecule has 2 N–H and O–H groups in total. The summed E-state index contributed by atoms with van der Waals surface area (Å²) in [5, 5.41) is 22.1. The number of nitrogens with zero attached hydrogens (tertiary/aromatic N) is 2. The first-order valence-electron chi connectivity index (χ1n) is 17.9.